The second-order valence-corrected chi connectivity index (χ2v) is 6.80. The van der Waals surface area contributed by atoms with Crippen molar-refractivity contribution in [2.75, 3.05) is 13.6 Å². The van der Waals surface area contributed by atoms with Crippen molar-refractivity contribution in [1.82, 2.24) is 25.6 Å². The van der Waals surface area contributed by atoms with E-state index in [2.05, 4.69) is 36.9 Å². The molecule has 1 amide bonds. The molecule has 1 atom stereocenters. The maximum Gasteiger partial charge on any atom is 0.273 e. The van der Waals surface area contributed by atoms with Gasteiger partial charge in [-0.15, -0.1) is 5.10 Å². The number of nitrogens with zero attached hydrogens (tertiary/aromatic N) is 3. The van der Waals surface area contributed by atoms with Crippen molar-refractivity contribution >= 4 is 21.8 Å². The number of halogens is 1. The summed E-state index contributed by atoms with van der Waals surface area (Å²) in [6.07, 6.45) is 2.16. The molecule has 0 saturated heterocycles. The summed E-state index contributed by atoms with van der Waals surface area (Å²) in [4.78, 5) is 12.5. The minimum Gasteiger partial charge on any atom is -0.349 e. The lowest BCUT2D eigenvalue weighted by Crippen LogP contribution is -2.37. The van der Waals surface area contributed by atoms with Gasteiger partial charge in [-0.3, -0.25) is 4.79 Å². The first-order chi connectivity index (χ1) is 11.1. The zero-order valence-electron chi connectivity index (χ0n) is 13.2. The van der Waals surface area contributed by atoms with Gasteiger partial charge in [0.25, 0.3) is 5.91 Å². The Balaban J connectivity index is 1.87. The highest BCUT2D eigenvalue weighted by Crippen LogP contribution is 2.42. The maximum atomic E-state index is 12.5. The summed E-state index contributed by atoms with van der Waals surface area (Å²) in [5.41, 5.74) is 2.28. The number of benzene rings is 1. The van der Waals surface area contributed by atoms with Gasteiger partial charge in [0.2, 0.25) is 0 Å². The van der Waals surface area contributed by atoms with Crippen LogP contribution in [0.25, 0.3) is 5.69 Å². The van der Waals surface area contributed by atoms with Gasteiger partial charge in [-0.2, -0.15) is 0 Å². The molecule has 1 aromatic carbocycles. The zero-order chi connectivity index (χ0) is 16.4. The molecule has 23 heavy (non-hydrogen) atoms. The second-order valence-electron chi connectivity index (χ2n) is 5.89. The van der Waals surface area contributed by atoms with Crippen LogP contribution in [0.1, 0.15) is 41.9 Å². The quantitative estimate of drug-likeness (QED) is 0.809. The number of carbonyl (C=O) groups is 1. The predicted molar refractivity (Wildman–Crippen MR) is 91.9 cm³/mol. The van der Waals surface area contributed by atoms with Crippen molar-refractivity contribution in [3.8, 4) is 5.69 Å². The Labute approximate surface area is 143 Å². The number of nitrogens with one attached hydrogen (secondary N) is 2. The lowest BCUT2D eigenvalue weighted by Gasteiger charge is -2.11. The van der Waals surface area contributed by atoms with Crippen molar-refractivity contribution in [1.29, 1.82) is 0 Å². The zero-order valence-corrected chi connectivity index (χ0v) is 14.8. The van der Waals surface area contributed by atoms with Gasteiger partial charge in [-0.05, 0) is 51.1 Å². The van der Waals surface area contributed by atoms with Gasteiger partial charge >= 0.3 is 0 Å². The summed E-state index contributed by atoms with van der Waals surface area (Å²) in [6.45, 7) is 2.57. The van der Waals surface area contributed by atoms with Gasteiger partial charge in [-0.25, -0.2) is 4.68 Å². The molecule has 2 N–H and O–H groups in total. The van der Waals surface area contributed by atoms with Crippen LogP contribution in [-0.4, -0.2) is 40.5 Å². The number of amides is 1. The highest BCUT2D eigenvalue weighted by atomic mass is 79.9. The first kappa shape index (κ1) is 16.1. The molecule has 122 valence electrons. The van der Waals surface area contributed by atoms with Gasteiger partial charge in [0, 0.05) is 23.0 Å². The van der Waals surface area contributed by atoms with Crippen LogP contribution in [0.15, 0.2) is 28.7 Å². The van der Waals surface area contributed by atoms with Crippen LogP contribution < -0.4 is 10.6 Å². The van der Waals surface area contributed by atoms with E-state index in [0.29, 0.717) is 18.2 Å². The van der Waals surface area contributed by atoms with E-state index in [4.69, 9.17) is 0 Å². The fraction of sp³-hybridized carbons (Fsp3) is 0.438. The van der Waals surface area contributed by atoms with E-state index in [1.165, 1.54) is 0 Å². The van der Waals surface area contributed by atoms with Crippen LogP contribution in [0.4, 0.5) is 0 Å². The number of carbonyl (C=O) groups excluding carboxylic acids is 1. The molecule has 0 bridgehead atoms. The summed E-state index contributed by atoms with van der Waals surface area (Å²) >= 11 is 3.43. The van der Waals surface area contributed by atoms with Gasteiger partial charge in [-0.1, -0.05) is 21.1 Å². The van der Waals surface area contributed by atoms with Crippen molar-refractivity contribution < 1.29 is 4.79 Å². The highest BCUT2D eigenvalue weighted by molar-refractivity contribution is 9.10. The molecule has 0 aliphatic heterocycles. The van der Waals surface area contributed by atoms with E-state index in [1.54, 1.807) is 4.68 Å². The molecule has 1 heterocycles. The van der Waals surface area contributed by atoms with E-state index in [0.717, 1.165) is 28.7 Å². The van der Waals surface area contributed by atoms with Crippen molar-refractivity contribution in [3.63, 3.8) is 0 Å². The summed E-state index contributed by atoms with van der Waals surface area (Å²) in [5, 5.41) is 14.4. The average molecular weight is 378 g/mol. The fourth-order valence-corrected chi connectivity index (χ4v) is 2.64. The van der Waals surface area contributed by atoms with Gasteiger partial charge in [0.15, 0.2) is 5.69 Å². The highest BCUT2D eigenvalue weighted by Gasteiger charge is 2.34. The van der Waals surface area contributed by atoms with Gasteiger partial charge in [0.1, 0.15) is 0 Å². The number of rotatable bonds is 6. The van der Waals surface area contributed by atoms with E-state index >= 15 is 0 Å². The topological polar surface area (TPSA) is 71.8 Å². The van der Waals surface area contributed by atoms with Crippen molar-refractivity contribution in [2.45, 2.75) is 31.7 Å². The molecule has 6 nitrogen and oxygen atoms in total. The Morgan fingerprint density at radius 2 is 2.09 bits per heavy atom. The Bertz CT molecular complexity index is 693. The average Bonchev–Trinajstić information content (AvgIpc) is 3.31. The monoisotopic (exact) mass is 377 g/mol. The molecular formula is C16H20BrN5O. The second kappa shape index (κ2) is 6.80. The lowest BCUT2D eigenvalue weighted by molar-refractivity contribution is 0.0944. The third kappa shape index (κ3) is 3.61. The Morgan fingerprint density at radius 3 is 2.70 bits per heavy atom. The lowest BCUT2D eigenvalue weighted by atomic mass is 10.2. The van der Waals surface area contributed by atoms with E-state index in [1.807, 2.05) is 38.2 Å². The third-order valence-corrected chi connectivity index (χ3v) is 4.55. The number of hydrogen-bond acceptors (Lipinski definition) is 4. The number of likely N-dealkylation sites (N-methyl/N-ethyl adjacent to an activating group) is 1. The largest absolute Gasteiger partial charge is 0.349 e. The Hall–Kier alpha value is -1.73. The van der Waals surface area contributed by atoms with Gasteiger partial charge < -0.3 is 10.6 Å². The fourth-order valence-electron chi connectivity index (χ4n) is 2.38. The first-order valence-corrected chi connectivity index (χ1v) is 8.56. The summed E-state index contributed by atoms with van der Waals surface area (Å²) in [6, 6.07) is 8.07. The van der Waals surface area contributed by atoms with Gasteiger partial charge in [0.05, 0.1) is 11.4 Å². The number of aromatic nitrogens is 3. The van der Waals surface area contributed by atoms with Crippen molar-refractivity contribution in [2.24, 2.45) is 0 Å². The van der Waals surface area contributed by atoms with Crippen LogP contribution >= 0.6 is 15.9 Å². The van der Waals surface area contributed by atoms with Crippen LogP contribution in [0.2, 0.25) is 0 Å². The smallest absolute Gasteiger partial charge is 0.273 e. The molecule has 1 unspecified atom stereocenters. The van der Waals surface area contributed by atoms with Crippen LogP contribution in [0.5, 0.6) is 0 Å². The van der Waals surface area contributed by atoms with Crippen LogP contribution in [-0.2, 0) is 0 Å². The third-order valence-electron chi connectivity index (χ3n) is 4.02. The molecule has 1 aliphatic rings. The molecule has 1 aromatic heterocycles. The first-order valence-electron chi connectivity index (χ1n) is 7.77. The van der Waals surface area contributed by atoms with E-state index in [9.17, 15) is 4.79 Å². The molecule has 2 aromatic rings. The molecule has 1 aliphatic carbocycles. The normalized spacial score (nSPS) is 15.4. The van der Waals surface area contributed by atoms with Crippen LogP contribution in [0.3, 0.4) is 0 Å². The molecule has 0 radical (unpaired) electrons. The van der Waals surface area contributed by atoms with E-state index < -0.39 is 0 Å². The maximum absolute atomic E-state index is 12.5. The standard InChI is InChI=1S/C16H20BrN5O/c1-10(18-2)9-19-16(23)14-15(11-3-4-11)22(21-20-14)13-7-5-12(17)6-8-13/h5-8,10-11,18H,3-4,9H2,1-2H3,(H,19,23). The summed E-state index contributed by atoms with van der Waals surface area (Å²) < 4.78 is 2.80. The number of hydrogen-bond donors (Lipinski definition) is 2. The summed E-state index contributed by atoms with van der Waals surface area (Å²) in [7, 11) is 1.87. The summed E-state index contributed by atoms with van der Waals surface area (Å²) in [5.74, 6) is 0.216. The minimum absolute atomic E-state index is 0.155. The molecule has 1 fully saturated rings. The minimum atomic E-state index is -0.155. The molecule has 7 heteroatoms. The van der Waals surface area contributed by atoms with Crippen molar-refractivity contribution in [3.05, 3.63) is 40.1 Å². The molecule has 0 spiro atoms. The molecule has 1 saturated carbocycles. The predicted octanol–water partition coefficient (Wildman–Crippen LogP) is 2.24. The molecule has 3 rings (SSSR count). The Kier molecular flexibility index (Phi) is 4.77. The Morgan fingerprint density at radius 1 is 1.39 bits per heavy atom. The molecular weight excluding hydrogens is 358 g/mol. The van der Waals surface area contributed by atoms with E-state index in [-0.39, 0.29) is 11.9 Å². The SMILES string of the molecule is CNC(C)CNC(=O)c1nnn(-c2ccc(Br)cc2)c1C1CC1. The van der Waals surface area contributed by atoms with Crippen LogP contribution in [0, 0.1) is 0 Å².